The van der Waals surface area contributed by atoms with Gasteiger partial charge in [0, 0.05) is 33.6 Å². The smallest absolute Gasteiger partial charge is 0.137 e. The summed E-state index contributed by atoms with van der Waals surface area (Å²) in [5.41, 5.74) is 12.7. The Balaban J connectivity index is 1.27. The molecule has 1 heterocycles. The molecule has 0 spiro atoms. The van der Waals surface area contributed by atoms with Crippen LogP contribution in [-0.2, 0) is 5.41 Å². The maximum atomic E-state index is 6.39. The van der Waals surface area contributed by atoms with Gasteiger partial charge in [-0.2, -0.15) is 0 Å². The molecule has 0 saturated carbocycles. The van der Waals surface area contributed by atoms with Crippen molar-refractivity contribution in [3.05, 3.63) is 163 Å². The van der Waals surface area contributed by atoms with E-state index in [9.17, 15) is 0 Å². The molecule has 1 aromatic heterocycles. The highest BCUT2D eigenvalue weighted by atomic mass is 16.3. The molecule has 45 heavy (non-hydrogen) atoms. The highest BCUT2D eigenvalue weighted by Gasteiger charge is 2.39. The van der Waals surface area contributed by atoms with Gasteiger partial charge in [-0.15, -0.1) is 0 Å². The van der Waals surface area contributed by atoms with Crippen LogP contribution in [0.2, 0.25) is 0 Å². The highest BCUT2D eigenvalue weighted by molar-refractivity contribution is 6.06. The van der Waals surface area contributed by atoms with Gasteiger partial charge in [0.25, 0.3) is 0 Å². The molecule has 0 unspecified atom stereocenters. The van der Waals surface area contributed by atoms with E-state index < -0.39 is 0 Å². The van der Waals surface area contributed by atoms with Gasteiger partial charge in [0.15, 0.2) is 0 Å². The minimum atomic E-state index is -0.197. The van der Waals surface area contributed by atoms with Crippen LogP contribution < -0.4 is 4.90 Å². The lowest BCUT2D eigenvalue weighted by molar-refractivity contribution is 0.661. The van der Waals surface area contributed by atoms with Crippen molar-refractivity contribution in [3.8, 4) is 22.3 Å². The van der Waals surface area contributed by atoms with E-state index in [0.29, 0.717) is 0 Å². The molecule has 1 aliphatic rings. The molecule has 214 valence electrons. The van der Waals surface area contributed by atoms with Gasteiger partial charge in [-0.1, -0.05) is 111 Å². The molecule has 0 fully saturated rings. The van der Waals surface area contributed by atoms with Crippen LogP contribution in [0.15, 0.2) is 156 Å². The molecule has 2 nitrogen and oxygen atoms in total. The van der Waals surface area contributed by atoms with Gasteiger partial charge in [0.2, 0.25) is 0 Å². The van der Waals surface area contributed by atoms with Crippen LogP contribution >= 0.6 is 0 Å². The Bertz CT molecular complexity index is 2400. The van der Waals surface area contributed by atoms with Crippen LogP contribution in [0.5, 0.6) is 0 Å². The Kier molecular flexibility index (Phi) is 5.58. The second kappa shape index (κ2) is 9.70. The molecule has 2 heteroatoms. The minimum absolute atomic E-state index is 0.197. The lowest BCUT2D eigenvalue weighted by Crippen LogP contribution is -2.20. The normalized spacial score (nSPS) is 13.3. The summed E-state index contributed by atoms with van der Waals surface area (Å²) in [6, 6.07) is 54.7. The summed E-state index contributed by atoms with van der Waals surface area (Å²) >= 11 is 0. The number of hydrogen-bond acceptors (Lipinski definition) is 2. The van der Waals surface area contributed by atoms with Gasteiger partial charge in [-0.05, 0) is 92.7 Å². The first-order valence-corrected chi connectivity index (χ1v) is 15.6. The van der Waals surface area contributed by atoms with E-state index in [0.717, 1.165) is 33.3 Å². The quantitative estimate of drug-likeness (QED) is 0.207. The van der Waals surface area contributed by atoms with Crippen LogP contribution in [0, 0.1) is 0 Å². The fourth-order valence-corrected chi connectivity index (χ4v) is 7.44. The standard InChI is InChI=1S/C43H31NO/c1-43(2)38-26-31-14-7-6-13-30(31)25-37(38)36-16-10-17-39(42(36)43)44(32-21-19-29(20-22-32)28-11-4-3-5-12-28)33-23-24-35-34-15-8-9-18-40(34)45-41(35)27-33/h3-27H,1-2H3. The van der Waals surface area contributed by atoms with Crippen molar-refractivity contribution in [1.29, 1.82) is 0 Å². The van der Waals surface area contributed by atoms with Crippen molar-refractivity contribution in [3.63, 3.8) is 0 Å². The summed E-state index contributed by atoms with van der Waals surface area (Å²) in [6.07, 6.45) is 0. The van der Waals surface area contributed by atoms with E-state index in [2.05, 4.69) is 158 Å². The number of hydrogen-bond donors (Lipinski definition) is 0. The minimum Gasteiger partial charge on any atom is -0.456 e. The number of anilines is 3. The molecule has 0 amide bonds. The largest absolute Gasteiger partial charge is 0.456 e. The third-order valence-electron chi connectivity index (χ3n) is 9.61. The average molecular weight is 578 g/mol. The van der Waals surface area contributed by atoms with E-state index in [1.165, 1.54) is 49.8 Å². The van der Waals surface area contributed by atoms with Crippen LogP contribution in [0.1, 0.15) is 25.0 Å². The second-order valence-electron chi connectivity index (χ2n) is 12.6. The zero-order chi connectivity index (χ0) is 30.1. The predicted molar refractivity (Wildman–Crippen MR) is 189 cm³/mol. The van der Waals surface area contributed by atoms with Gasteiger partial charge >= 0.3 is 0 Å². The van der Waals surface area contributed by atoms with Crippen molar-refractivity contribution in [2.24, 2.45) is 0 Å². The van der Waals surface area contributed by atoms with Gasteiger partial charge in [-0.3, -0.25) is 0 Å². The summed E-state index contributed by atoms with van der Waals surface area (Å²) in [5.74, 6) is 0. The Morgan fingerprint density at radius 2 is 1.16 bits per heavy atom. The van der Waals surface area contributed by atoms with Crippen molar-refractivity contribution in [2.45, 2.75) is 19.3 Å². The fourth-order valence-electron chi connectivity index (χ4n) is 7.44. The maximum Gasteiger partial charge on any atom is 0.137 e. The SMILES string of the molecule is CC1(C)c2cc3ccccc3cc2-c2cccc(N(c3ccc(-c4ccccc4)cc3)c3ccc4c(c3)oc3ccccc34)c21. The number of furan rings is 1. The van der Waals surface area contributed by atoms with E-state index in [4.69, 9.17) is 4.42 Å². The van der Waals surface area contributed by atoms with Crippen molar-refractivity contribution >= 4 is 49.8 Å². The van der Waals surface area contributed by atoms with E-state index in [1.807, 2.05) is 12.1 Å². The van der Waals surface area contributed by atoms with E-state index >= 15 is 0 Å². The first-order chi connectivity index (χ1) is 22.1. The summed E-state index contributed by atoms with van der Waals surface area (Å²) in [7, 11) is 0. The summed E-state index contributed by atoms with van der Waals surface area (Å²) in [4.78, 5) is 2.41. The Labute approximate surface area is 262 Å². The lowest BCUT2D eigenvalue weighted by atomic mass is 9.80. The molecular formula is C43H31NO. The lowest BCUT2D eigenvalue weighted by Gasteiger charge is -2.32. The third-order valence-corrected chi connectivity index (χ3v) is 9.61. The zero-order valence-corrected chi connectivity index (χ0v) is 25.3. The number of fused-ring (bicyclic) bond motifs is 7. The van der Waals surface area contributed by atoms with Crippen LogP contribution in [0.25, 0.3) is 55.0 Å². The number of rotatable bonds is 4. The molecule has 0 aliphatic heterocycles. The number of nitrogens with zero attached hydrogens (tertiary/aromatic N) is 1. The molecule has 0 saturated heterocycles. The first kappa shape index (κ1) is 25.9. The van der Waals surface area contributed by atoms with E-state index in [1.54, 1.807) is 0 Å². The van der Waals surface area contributed by atoms with Gasteiger partial charge in [0.1, 0.15) is 11.2 Å². The molecule has 7 aromatic carbocycles. The molecule has 0 atom stereocenters. The van der Waals surface area contributed by atoms with E-state index in [-0.39, 0.29) is 5.41 Å². The summed E-state index contributed by atoms with van der Waals surface area (Å²) in [6.45, 7) is 4.74. The van der Waals surface area contributed by atoms with Crippen molar-refractivity contribution in [2.75, 3.05) is 4.90 Å². The molecule has 0 N–H and O–H groups in total. The second-order valence-corrected chi connectivity index (χ2v) is 12.6. The Morgan fingerprint density at radius 1 is 0.489 bits per heavy atom. The average Bonchev–Trinajstić information content (AvgIpc) is 3.56. The molecule has 0 radical (unpaired) electrons. The predicted octanol–water partition coefficient (Wildman–Crippen LogP) is 12.2. The monoisotopic (exact) mass is 577 g/mol. The maximum absolute atomic E-state index is 6.39. The third kappa shape index (κ3) is 3.96. The van der Waals surface area contributed by atoms with Crippen LogP contribution in [0.3, 0.4) is 0 Å². The van der Waals surface area contributed by atoms with Gasteiger partial charge in [0.05, 0.1) is 5.69 Å². The molecule has 8 aromatic rings. The number of para-hydroxylation sites is 1. The fraction of sp³-hybridized carbons (Fsp3) is 0.0698. The van der Waals surface area contributed by atoms with Crippen molar-refractivity contribution < 1.29 is 4.42 Å². The topological polar surface area (TPSA) is 16.4 Å². The van der Waals surface area contributed by atoms with Gasteiger partial charge in [-0.25, -0.2) is 0 Å². The van der Waals surface area contributed by atoms with Crippen molar-refractivity contribution in [1.82, 2.24) is 0 Å². The Hall–Kier alpha value is -5.60. The molecule has 9 rings (SSSR count). The van der Waals surface area contributed by atoms with Crippen LogP contribution in [0.4, 0.5) is 17.1 Å². The molecule has 0 bridgehead atoms. The zero-order valence-electron chi connectivity index (χ0n) is 25.3. The number of benzene rings is 7. The summed E-state index contributed by atoms with van der Waals surface area (Å²) in [5, 5.41) is 4.82. The van der Waals surface area contributed by atoms with Gasteiger partial charge < -0.3 is 9.32 Å². The first-order valence-electron chi connectivity index (χ1n) is 15.6. The molecular weight excluding hydrogens is 546 g/mol. The van der Waals surface area contributed by atoms with Crippen LogP contribution in [-0.4, -0.2) is 0 Å². The highest BCUT2D eigenvalue weighted by Crippen LogP contribution is 2.55. The molecule has 1 aliphatic carbocycles. The Morgan fingerprint density at radius 3 is 1.98 bits per heavy atom. The summed E-state index contributed by atoms with van der Waals surface area (Å²) < 4.78 is 6.39.